The number of rotatable bonds is 8. The molecule has 1 unspecified atom stereocenters. The topological polar surface area (TPSA) is 21.3 Å². The molecule has 0 radical (unpaired) electrons. The molecule has 1 rings (SSSR count). The molecule has 0 heterocycles. The summed E-state index contributed by atoms with van der Waals surface area (Å²) in [6.45, 7) is 12.9. The maximum atomic E-state index is 6.14. The summed E-state index contributed by atoms with van der Waals surface area (Å²) in [5.74, 6) is 1.69. The first-order chi connectivity index (χ1) is 9.01. The third-order valence-corrected chi connectivity index (χ3v) is 3.03. The van der Waals surface area contributed by atoms with Crippen molar-refractivity contribution in [2.75, 3.05) is 13.1 Å². The molecule has 1 atom stereocenters. The molecule has 19 heavy (non-hydrogen) atoms. The largest absolute Gasteiger partial charge is 0.489 e. The van der Waals surface area contributed by atoms with Gasteiger partial charge in [-0.3, -0.25) is 0 Å². The van der Waals surface area contributed by atoms with Gasteiger partial charge in [0.25, 0.3) is 0 Å². The van der Waals surface area contributed by atoms with Crippen LogP contribution in [0.5, 0.6) is 5.75 Å². The summed E-state index contributed by atoms with van der Waals surface area (Å²) in [7, 11) is 0. The molecule has 0 aliphatic carbocycles. The lowest BCUT2D eigenvalue weighted by atomic mass is 10.1. The van der Waals surface area contributed by atoms with Gasteiger partial charge in [-0.1, -0.05) is 33.3 Å². The normalized spacial score (nSPS) is 12.7. The van der Waals surface area contributed by atoms with Gasteiger partial charge in [-0.15, -0.1) is 0 Å². The van der Waals surface area contributed by atoms with Crippen molar-refractivity contribution in [1.82, 2.24) is 5.32 Å². The quantitative estimate of drug-likeness (QED) is 0.762. The van der Waals surface area contributed by atoms with E-state index in [-0.39, 0.29) is 6.10 Å². The van der Waals surface area contributed by atoms with Gasteiger partial charge in [0.1, 0.15) is 11.9 Å². The Morgan fingerprint density at radius 3 is 2.21 bits per heavy atom. The van der Waals surface area contributed by atoms with Gasteiger partial charge in [-0.05, 0) is 56.0 Å². The lowest BCUT2D eigenvalue weighted by Gasteiger charge is -2.20. The van der Waals surface area contributed by atoms with Crippen LogP contribution < -0.4 is 10.1 Å². The molecule has 0 spiro atoms. The number of hydrogen-bond donors (Lipinski definition) is 1. The fourth-order valence-electron chi connectivity index (χ4n) is 2.25. The molecule has 1 aromatic carbocycles. The average molecular weight is 263 g/mol. The summed E-state index contributed by atoms with van der Waals surface area (Å²) >= 11 is 0. The average Bonchev–Trinajstić information content (AvgIpc) is 2.27. The molecule has 0 aliphatic rings. The minimum Gasteiger partial charge on any atom is -0.489 e. The van der Waals surface area contributed by atoms with E-state index < -0.39 is 0 Å². The Kier molecular flexibility index (Phi) is 6.93. The number of ether oxygens (including phenoxy) is 1. The maximum Gasteiger partial charge on any atom is 0.120 e. The molecule has 108 valence electrons. The summed E-state index contributed by atoms with van der Waals surface area (Å²) in [6.07, 6.45) is 2.52. The highest BCUT2D eigenvalue weighted by molar-refractivity contribution is 5.33. The van der Waals surface area contributed by atoms with Crippen molar-refractivity contribution in [3.05, 3.63) is 29.3 Å². The van der Waals surface area contributed by atoms with Crippen molar-refractivity contribution in [3.63, 3.8) is 0 Å². The highest BCUT2D eigenvalue weighted by Crippen LogP contribution is 2.18. The first-order valence-electron chi connectivity index (χ1n) is 7.47. The van der Waals surface area contributed by atoms with Crippen LogP contribution in [0.3, 0.4) is 0 Å². The van der Waals surface area contributed by atoms with Gasteiger partial charge in [0.2, 0.25) is 0 Å². The molecule has 1 aromatic rings. The first kappa shape index (κ1) is 16.0. The van der Waals surface area contributed by atoms with E-state index >= 15 is 0 Å². The fourth-order valence-corrected chi connectivity index (χ4v) is 2.25. The predicted molar refractivity (Wildman–Crippen MR) is 82.9 cm³/mol. The smallest absolute Gasteiger partial charge is 0.120 e. The minimum absolute atomic E-state index is 0.268. The van der Waals surface area contributed by atoms with Gasteiger partial charge in [0.15, 0.2) is 0 Å². The molecular formula is C17H29NO. The highest BCUT2D eigenvalue weighted by atomic mass is 16.5. The van der Waals surface area contributed by atoms with E-state index in [1.54, 1.807) is 0 Å². The Morgan fingerprint density at radius 2 is 1.68 bits per heavy atom. The van der Waals surface area contributed by atoms with Gasteiger partial charge >= 0.3 is 0 Å². The molecule has 2 heteroatoms. The second kappa shape index (κ2) is 8.21. The summed E-state index contributed by atoms with van der Waals surface area (Å²) in [4.78, 5) is 0. The van der Waals surface area contributed by atoms with Crippen molar-refractivity contribution in [2.24, 2.45) is 5.92 Å². The molecule has 0 saturated heterocycles. The number of benzene rings is 1. The third-order valence-electron chi connectivity index (χ3n) is 3.03. The van der Waals surface area contributed by atoms with Crippen LogP contribution in [0.25, 0.3) is 0 Å². The lowest BCUT2D eigenvalue weighted by molar-refractivity contribution is 0.185. The molecular weight excluding hydrogens is 234 g/mol. The van der Waals surface area contributed by atoms with Crippen molar-refractivity contribution in [3.8, 4) is 5.75 Å². The molecule has 0 saturated carbocycles. The van der Waals surface area contributed by atoms with Crippen LogP contribution in [-0.4, -0.2) is 19.2 Å². The maximum absolute atomic E-state index is 6.14. The number of hydrogen-bond acceptors (Lipinski definition) is 2. The van der Waals surface area contributed by atoms with E-state index in [0.29, 0.717) is 5.92 Å². The van der Waals surface area contributed by atoms with Crippen molar-refractivity contribution in [2.45, 2.75) is 53.6 Å². The zero-order valence-electron chi connectivity index (χ0n) is 13.1. The monoisotopic (exact) mass is 263 g/mol. The van der Waals surface area contributed by atoms with Crippen molar-refractivity contribution >= 4 is 0 Å². The molecule has 2 nitrogen and oxygen atoms in total. The number of aryl methyl sites for hydroxylation is 2. The van der Waals surface area contributed by atoms with Crippen LogP contribution in [0.15, 0.2) is 18.2 Å². The second-order valence-corrected chi connectivity index (χ2v) is 5.90. The summed E-state index contributed by atoms with van der Waals surface area (Å²) in [5, 5.41) is 3.49. The van der Waals surface area contributed by atoms with Crippen LogP contribution >= 0.6 is 0 Å². The summed E-state index contributed by atoms with van der Waals surface area (Å²) < 4.78 is 6.14. The van der Waals surface area contributed by atoms with Crippen LogP contribution in [0.2, 0.25) is 0 Å². The van der Waals surface area contributed by atoms with Crippen LogP contribution in [0, 0.1) is 19.8 Å². The van der Waals surface area contributed by atoms with Gasteiger partial charge in [0, 0.05) is 6.54 Å². The van der Waals surface area contributed by atoms with Crippen molar-refractivity contribution in [1.29, 1.82) is 0 Å². The number of nitrogens with one attached hydrogen (secondary N) is 1. The summed E-state index contributed by atoms with van der Waals surface area (Å²) in [6, 6.07) is 6.43. The Hall–Kier alpha value is -1.02. The van der Waals surface area contributed by atoms with Crippen LogP contribution in [0.1, 0.15) is 44.7 Å². The molecule has 0 aromatic heterocycles. The van der Waals surface area contributed by atoms with Crippen molar-refractivity contribution < 1.29 is 4.74 Å². The lowest BCUT2D eigenvalue weighted by Crippen LogP contribution is -2.33. The Morgan fingerprint density at radius 1 is 1.05 bits per heavy atom. The highest BCUT2D eigenvalue weighted by Gasteiger charge is 2.10. The standard InChI is InChI=1S/C17H29NO/c1-6-7-16(12-18-11-13(2)3)19-17-9-14(4)8-15(5)10-17/h8-10,13,16,18H,6-7,11-12H2,1-5H3. The van der Waals surface area contributed by atoms with E-state index in [2.05, 4.69) is 58.1 Å². The third kappa shape index (κ3) is 6.63. The minimum atomic E-state index is 0.268. The zero-order chi connectivity index (χ0) is 14.3. The van der Waals surface area contributed by atoms with E-state index in [1.165, 1.54) is 11.1 Å². The molecule has 0 amide bonds. The van der Waals surface area contributed by atoms with Gasteiger partial charge in [0.05, 0.1) is 0 Å². The Labute approximate surface area is 118 Å². The van der Waals surface area contributed by atoms with E-state index in [4.69, 9.17) is 4.74 Å². The second-order valence-electron chi connectivity index (χ2n) is 5.90. The van der Waals surface area contributed by atoms with E-state index in [0.717, 1.165) is 31.7 Å². The first-order valence-corrected chi connectivity index (χ1v) is 7.47. The molecule has 0 fully saturated rings. The fraction of sp³-hybridized carbons (Fsp3) is 0.647. The Bertz CT molecular complexity index is 353. The van der Waals surface area contributed by atoms with Crippen LogP contribution in [0.4, 0.5) is 0 Å². The summed E-state index contributed by atoms with van der Waals surface area (Å²) in [5.41, 5.74) is 2.53. The van der Waals surface area contributed by atoms with Gasteiger partial charge < -0.3 is 10.1 Å². The molecule has 0 bridgehead atoms. The Balaban J connectivity index is 2.56. The molecule has 0 aliphatic heterocycles. The van der Waals surface area contributed by atoms with E-state index in [9.17, 15) is 0 Å². The zero-order valence-corrected chi connectivity index (χ0v) is 13.1. The van der Waals surface area contributed by atoms with Gasteiger partial charge in [-0.2, -0.15) is 0 Å². The molecule has 1 N–H and O–H groups in total. The van der Waals surface area contributed by atoms with Gasteiger partial charge in [-0.25, -0.2) is 0 Å². The van der Waals surface area contributed by atoms with E-state index in [1.807, 2.05) is 0 Å². The predicted octanol–water partition coefficient (Wildman–Crippen LogP) is 4.10. The van der Waals surface area contributed by atoms with Crippen LogP contribution in [-0.2, 0) is 0 Å². The SMILES string of the molecule is CCCC(CNCC(C)C)Oc1cc(C)cc(C)c1.